The van der Waals surface area contributed by atoms with Crippen LogP contribution in [0.3, 0.4) is 0 Å². The lowest BCUT2D eigenvalue weighted by atomic mass is 9.44. The van der Waals surface area contributed by atoms with E-state index in [1.54, 1.807) is 0 Å². The van der Waals surface area contributed by atoms with Crippen molar-refractivity contribution >= 4 is 5.78 Å². The lowest BCUT2D eigenvalue weighted by Crippen LogP contribution is -2.58. The highest BCUT2D eigenvalue weighted by Crippen LogP contribution is 2.65. The molecular formula is C19H30O3. The summed E-state index contributed by atoms with van der Waals surface area (Å²) in [5.74, 6) is 2.08. The second-order valence-electron chi connectivity index (χ2n) is 9.34. The summed E-state index contributed by atoms with van der Waals surface area (Å²) in [7, 11) is 0. The lowest BCUT2D eigenvalue weighted by Gasteiger charge is -2.61. The van der Waals surface area contributed by atoms with E-state index >= 15 is 0 Å². The molecule has 0 amide bonds. The number of hydrogen-bond acceptors (Lipinski definition) is 3. The van der Waals surface area contributed by atoms with E-state index in [9.17, 15) is 15.0 Å². The Morgan fingerprint density at radius 1 is 1.09 bits per heavy atom. The van der Waals surface area contributed by atoms with Crippen LogP contribution in [0.4, 0.5) is 0 Å². The van der Waals surface area contributed by atoms with E-state index in [-0.39, 0.29) is 29.0 Å². The molecule has 124 valence electrons. The third-order valence-corrected chi connectivity index (χ3v) is 8.17. The number of aliphatic hydroxyl groups is 2. The molecule has 0 aromatic carbocycles. The maximum Gasteiger partial charge on any atom is 0.133 e. The van der Waals surface area contributed by atoms with Gasteiger partial charge in [-0.3, -0.25) is 4.79 Å². The Labute approximate surface area is 133 Å². The Balaban J connectivity index is 1.70. The third kappa shape index (κ3) is 1.97. The van der Waals surface area contributed by atoms with Gasteiger partial charge < -0.3 is 10.2 Å². The van der Waals surface area contributed by atoms with Gasteiger partial charge in [0.1, 0.15) is 5.78 Å². The van der Waals surface area contributed by atoms with Crippen LogP contribution >= 0.6 is 0 Å². The summed E-state index contributed by atoms with van der Waals surface area (Å²) >= 11 is 0. The van der Waals surface area contributed by atoms with E-state index < -0.39 is 0 Å². The molecule has 0 aromatic rings. The molecule has 22 heavy (non-hydrogen) atoms. The van der Waals surface area contributed by atoms with Gasteiger partial charge in [0, 0.05) is 12.8 Å². The monoisotopic (exact) mass is 306 g/mol. The lowest BCUT2D eigenvalue weighted by molar-refractivity contribution is -0.170. The van der Waals surface area contributed by atoms with Crippen LogP contribution in [0.1, 0.15) is 65.2 Å². The molecule has 3 heteroatoms. The molecule has 2 N–H and O–H groups in total. The molecule has 8 atom stereocenters. The first-order valence-electron chi connectivity index (χ1n) is 9.21. The Bertz CT molecular complexity index is 489. The summed E-state index contributed by atoms with van der Waals surface area (Å²) in [6.45, 7) is 4.64. The fourth-order valence-electron chi connectivity index (χ4n) is 7.07. The Morgan fingerprint density at radius 3 is 2.64 bits per heavy atom. The summed E-state index contributed by atoms with van der Waals surface area (Å²) in [6.07, 6.45) is 6.95. The molecule has 4 aliphatic rings. The van der Waals surface area contributed by atoms with Crippen molar-refractivity contribution in [3.05, 3.63) is 0 Å². The predicted molar refractivity (Wildman–Crippen MR) is 84.1 cm³/mol. The van der Waals surface area contributed by atoms with Gasteiger partial charge in [-0.25, -0.2) is 0 Å². The fraction of sp³-hybridized carbons (Fsp3) is 0.947. The van der Waals surface area contributed by atoms with Crippen molar-refractivity contribution in [3.8, 4) is 0 Å². The van der Waals surface area contributed by atoms with Gasteiger partial charge in [-0.05, 0) is 73.0 Å². The summed E-state index contributed by atoms with van der Waals surface area (Å²) in [4.78, 5) is 12.1. The van der Waals surface area contributed by atoms with Gasteiger partial charge in [0.2, 0.25) is 0 Å². The van der Waals surface area contributed by atoms with Gasteiger partial charge >= 0.3 is 0 Å². The number of carbonyl (C=O) groups is 1. The zero-order valence-electron chi connectivity index (χ0n) is 13.9. The number of fused-ring (bicyclic) bond motifs is 5. The van der Waals surface area contributed by atoms with Crippen molar-refractivity contribution in [3.63, 3.8) is 0 Å². The van der Waals surface area contributed by atoms with E-state index in [2.05, 4.69) is 13.8 Å². The predicted octanol–water partition coefficient (Wildman–Crippen LogP) is 2.93. The van der Waals surface area contributed by atoms with Crippen LogP contribution < -0.4 is 0 Å². The molecule has 4 aliphatic carbocycles. The second-order valence-corrected chi connectivity index (χ2v) is 9.34. The summed E-state index contributed by atoms with van der Waals surface area (Å²) < 4.78 is 0. The van der Waals surface area contributed by atoms with Crippen LogP contribution in [0.5, 0.6) is 0 Å². The number of aliphatic hydroxyl groups excluding tert-OH is 2. The average molecular weight is 306 g/mol. The fourth-order valence-corrected chi connectivity index (χ4v) is 7.07. The number of carbonyl (C=O) groups excluding carboxylic acids is 1. The molecule has 0 aliphatic heterocycles. The molecular weight excluding hydrogens is 276 g/mol. The van der Waals surface area contributed by atoms with Crippen LogP contribution in [0, 0.1) is 34.5 Å². The number of Topliss-reactive ketones (excluding diaryl/α,β-unsaturated/α-hetero) is 1. The minimum Gasteiger partial charge on any atom is -0.393 e. The first-order chi connectivity index (χ1) is 10.3. The molecule has 3 nitrogen and oxygen atoms in total. The van der Waals surface area contributed by atoms with Gasteiger partial charge in [0.15, 0.2) is 0 Å². The third-order valence-electron chi connectivity index (χ3n) is 8.17. The van der Waals surface area contributed by atoms with Crippen molar-refractivity contribution in [2.24, 2.45) is 34.5 Å². The standard InChI is InChI=1S/C19H30O3/c1-18-6-5-14-17(15(18)8-13(21)9-18)16(22)7-11-3-4-12(20)10-19(11,14)2/h11-12,14-17,20,22H,3-10H2,1-2H3. The van der Waals surface area contributed by atoms with E-state index in [0.717, 1.165) is 44.9 Å². The van der Waals surface area contributed by atoms with E-state index in [4.69, 9.17) is 0 Å². The number of ketones is 1. The SMILES string of the molecule is CC12CCC3C(C(O)CC4CCC(O)CC43C)C1CC(=O)C2. The largest absolute Gasteiger partial charge is 0.393 e. The van der Waals surface area contributed by atoms with Crippen LogP contribution in [0.25, 0.3) is 0 Å². The minimum atomic E-state index is -0.242. The molecule has 0 bridgehead atoms. The highest BCUT2D eigenvalue weighted by Gasteiger charge is 2.61. The van der Waals surface area contributed by atoms with Crippen LogP contribution in [0.2, 0.25) is 0 Å². The summed E-state index contributed by atoms with van der Waals surface area (Å²) in [5.41, 5.74) is 0.282. The van der Waals surface area contributed by atoms with Crippen molar-refractivity contribution in [1.82, 2.24) is 0 Å². The highest BCUT2D eigenvalue weighted by atomic mass is 16.3. The van der Waals surface area contributed by atoms with E-state index in [0.29, 0.717) is 30.0 Å². The average Bonchev–Trinajstić information content (AvgIpc) is 2.74. The van der Waals surface area contributed by atoms with E-state index in [1.165, 1.54) is 0 Å². The molecule has 0 saturated heterocycles. The van der Waals surface area contributed by atoms with Crippen LogP contribution in [0.15, 0.2) is 0 Å². The Kier molecular flexibility index (Phi) is 3.30. The molecule has 4 saturated carbocycles. The van der Waals surface area contributed by atoms with Crippen molar-refractivity contribution in [1.29, 1.82) is 0 Å². The van der Waals surface area contributed by atoms with Crippen molar-refractivity contribution < 1.29 is 15.0 Å². The quantitative estimate of drug-likeness (QED) is 0.723. The van der Waals surface area contributed by atoms with Crippen molar-refractivity contribution in [2.45, 2.75) is 77.4 Å². The van der Waals surface area contributed by atoms with Gasteiger partial charge in [0.25, 0.3) is 0 Å². The zero-order chi connectivity index (χ0) is 15.7. The van der Waals surface area contributed by atoms with Gasteiger partial charge in [-0.15, -0.1) is 0 Å². The molecule has 0 heterocycles. The molecule has 4 rings (SSSR count). The number of hydrogen-bond donors (Lipinski definition) is 2. The van der Waals surface area contributed by atoms with Gasteiger partial charge in [-0.2, -0.15) is 0 Å². The Morgan fingerprint density at radius 2 is 1.86 bits per heavy atom. The summed E-state index contributed by atoms with van der Waals surface area (Å²) in [6, 6.07) is 0. The second kappa shape index (κ2) is 4.80. The molecule has 0 spiro atoms. The zero-order valence-corrected chi connectivity index (χ0v) is 13.9. The van der Waals surface area contributed by atoms with Crippen LogP contribution in [-0.2, 0) is 4.79 Å². The van der Waals surface area contributed by atoms with Crippen molar-refractivity contribution in [2.75, 3.05) is 0 Å². The van der Waals surface area contributed by atoms with E-state index in [1.807, 2.05) is 0 Å². The van der Waals surface area contributed by atoms with Crippen LogP contribution in [-0.4, -0.2) is 28.2 Å². The molecule has 0 radical (unpaired) electrons. The minimum absolute atomic E-state index is 0.121. The molecule has 4 fully saturated rings. The van der Waals surface area contributed by atoms with Gasteiger partial charge in [-0.1, -0.05) is 13.8 Å². The first-order valence-corrected chi connectivity index (χ1v) is 9.21. The highest BCUT2D eigenvalue weighted by molar-refractivity contribution is 5.82. The normalized spacial score (nSPS) is 57.9. The number of rotatable bonds is 0. The topological polar surface area (TPSA) is 57.5 Å². The molecule has 8 unspecified atom stereocenters. The maximum absolute atomic E-state index is 12.1. The summed E-state index contributed by atoms with van der Waals surface area (Å²) in [5, 5.41) is 21.1. The maximum atomic E-state index is 12.1. The Hall–Kier alpha value is -0.410. The van der Waals surface area contributed by atoms with Gasteiger partial charge in [0.05, 0.1) is 12.2 Å². The molecule has 0 aromatic heterocycles. The smallest absolute Gasteiger partial charge is 0.133 e. The first kappa shape index (κ1) is 15.1.